The number of aromatic nitrogens is 1. The number of carbonyl (C=O) groups excluding carboxylic acids is 1. The van der Waals surface area contributed by atoms with E-state index in [4.69, 9.17) is 16.0 Å². The number of carbonyl (C=O) groups is 1. The quantitative estimate of drug-likeness (QED) is 0.505. The van der Waals surface area contributed by atoms with E-state index in [9.17, 15) is 9.59 Å². The Balaban J connectivity index is 1.66. The Kier molecular flexibility index (Phi) is 4.78. The third-order valence-corrected chi connectivity index (χ3v) is 4.26. The van der Waals surface area contributed by atoms with Crippen molar-refractivity contribution in [1.29, 1.82) is 0 Å². The Morgan fingerprint density at radius 1 is 0.929 bits per heavy atom. The van der Waals surface area contributed by atoms with Crippen LogP contribution < -0.4 is 16.3 Å². The van der Waals surface area contributed by atoms with E-state index in [1.807, 2.05) is 0 Å². The van der Waals surface area contributed by atoms with Crippen LogP contribution in [-0.2, 0) is 0 Å². The molecule has 4 aromatic rings. The fraction of sp³-hybridized carbons (Fsp3) is 0. The summed E-state index contributed by atoms with van der Waals surface area (Å²) in [5, 5.41) is 6.37. The lowest BCUT2D eigenvalue weighted by Gasteiger charge is -2.11. The molecule has 0 atom stereocenters. The molecule has 0 saturated heterocycles. The van der Waals surface area contributed by atoms with Gasteiger partial charge in [-0.15, -0.1) is 0 Å². The van der Waals surface area contributed by atoms with Crippen molar-refractivity contribution in [1.82, 2.24) is 4.98 Å². The number of para-hydroxylation sites is 2. The van der Waals surface area contributed by atoms with Gasteiger partial charge in [0.1, 0.15) is 0 Å². The molecule has 28 heavy (non-hydrogen) atoms. The van der Waals surface area contributed by atoms with Crippen molar-refractivity contribution >= 4 is 39.9 Å². The number of nitrogens with zero attached hydrogens (tertiary/aromatic N) is 1. The molecule has 3 aromatic carbocycles. The molecular formula is C21H14ClN3O3. The molecule has 2 N–H and O–H groups in total. The average molecular weight is 392 g/mol. The fourth-order valence-corrected chi connectivity index (χ4v) is 2.95. The first kappa shape index (κ1) is 17.8. The standard InChI is InChI=1S/C21H14ClN3O3/c22-13-6-5-7-14(12-13)23-21(27)25-17-10-3-1-8-15(17)19-24-18-11-4-2-9-16(18)20(26)28-19/h1-12H,(H2,23,25,27). The van der Waals surface area contributed by atoms with Gasteiger partial charge in [0.15, 0.2) is 0 Å². The molecule has 0 fully saturated rings. The molecule has 6 nitrogen and oxygen atoms in total. The summed E-state index contributed by atoms with van der Waals surface area (Å²) in [4.78, 5) is 29.1. The van der Waals surface area contributed by atoms with Gasteiger partial charge in [-0.05, 0) is 42.5 Å². The van der Waals surface area contributed by atoms with Crippen molar-refractivity contribution < 1.29 is 9.21 Å². The number of fused-ring (bicyclic) bond motifs is 1. The molecule has 138 valence electrons. The van der Waals surface area contributed by atoms with Crippen LogP contribution in [-0.4, -0.2) is 11.0 Å². The highest BCUT2D eigenvalue weighted by atomic mass is 35.5. The van der Waals surface area contributed by atoms with Gasteiger partial charge in [0, 0.05) is 10.7 Å². The summed E-state index contributed by atoms with van der Waals surface area (Å²) in [5.41, 5.74) is 1.53. The van der Waals surface area contributed by atoms with Crippen LogP contribution in [0.1, 0.15) is 0 Å². The highest BCUT2D eigenvalue weighted by Gasteiger charge is 2.14. The van der Waals surface area contributed by atoms with Crippen molar-refractivity contribution in [3.05, 3.63) is 88.2 Å². The molecule has 0 radical (unpaired) electrons. The Bertz CT molecular complexity index is 1240. The normalized spacial score (nSPS) is 10.6. The molecule has 0 spiro atoms. The van der Waals surface area contributed by atoms with Crippen LogP contribution in [0.15, 0.2) is 82.0 Å². The lowest BCUT2D eigenvalue weighted by molar-refractivity contribution is 0.262. The zero-order chi connectivity index (χ0) is 19.5. The lowest BCUT2D eigenvalue weighted by atomic mass is 10.1. The number of benzene rings is 3. The van der Waals surface area contributed by atoms with Crippen LogP contribution >= 0.6 is 11.6 Å². The molecule has 1 heterocycles. The second-order valence-electron chi connectivity index (χ2n) is 5.96. The summed E-state index contributed by atoms with van der Waals surface area (Å²) in [5.74, 6) is 0.127. The van der Waals surface area contributed by atoms with Crippen molar-refractivity contribution in [2.24, 2.45) is 0 Å². The van der Waals surface area contributed by atoms with E-state index in [0.717, 1.165) is 0 Å². The highest BCUT2D eigenvalue weighted by molar-refractivity contribution is 6.30. The van der Waals surface area contributed by atoms with Gasteiger partial charge in [0.05, 0.1) is 22.2 Å². The first-order valence-corrected chi connectivity index (χ1v) is 8.81. The average Bonchev–Trinajstić information content (AvgIpc) is 2.68. The minimum atomic E-state index is -0.487. The van der Waals surface area contributed by atoms with Crippen molar-refractivity contribution in [3.8, 4) is 11.5 Å². The molecule has 0 unspecified atom stereocenters. The Morgan fingerprint density at radius 2 is 1.71 bits per heavy atom. The van der Waals surface area contributed by atoms with E-state index < -0.39 is 11.7 Å². The third kappa shape index (κ3) is 3.72. The van der Waals surface area contributed by atoms with E-state index in [0.29, 0.717) is 32.9 Å². The largest absolute Gasteiger partial charge is 0.403 e. The zero-order valence-electron chi connectivity index (χ0n) is 14.5. The maximum Gasteiger partial charge on any atom is 0.347 e. The SMILES string of the molecule is O=C(Nc1cccc(Cl)c1)Nc1ccccc1-c1nc2ccccc2c(=O)o1. The highest BCUT2D eigenvalue weighted by Crippen LogP contribution is 2.27. The van der Waals surface area contributed by atoms with Gasteiger partial charge in [-0.1, -0.05) is 41.9 Å². The smallest absolute Gasteiger partial charge is 0.347 e. The molecular weight excluding hydrogens is 378 g/mol. The van der Waals surface area contributed by atoms with Crippen LogP contribution in [0.4, 0.5) is 16.2 Å². The van der Waals surface area contributed by atoms with Crippen molar-refractivity contribution in [2.75, 3.05) is 10.6 Å². The number of urea groups is 1. The Morgan fingerprint density at radius 3 is 2.57 bits per heavy atom. The zero-order valence-corrected chi connectivity index (χ0v) is 15.2. The first-order chi connectivity index (χ1) is 13.6. The van der Waals surface area contributed by atoms with Gasteiger partial charge in [-0.2, -0.15) is 0 Å². The maximum atomic E-state index is 12.4. The van der Waals surface area contributed by atoms with Gasteiger partial charge in [-0.25, -0.2) is 14.6 Å². The second-order valence-corrected chi connectivity index (χ2v) is 6.40. The Labute approximate surface area is 164 Å². The lowest BCUT2D eigenvalue weighted by Crippen LogP contribution is -2.20. The van der Waals surface area contributed by atoms with E-state index in [1.54, 1.807) is 72.8 Å². The summed E-state index contributed by atoms with van der Waals surface area (Å²) in [6.45, 7) is 0. The second kappa shape index (κ2) is 7.54. The van der Waals surface area contributed by atoms with Crippen LogP contribution in [0.2, 0.25) is 5.02 Å². The van der Waals surface area contributed by atoms with E-state index in [2.05, 4.69) is 15.6 Å². The van der Waals surface area contributed by atoms with Crippen LogP contribution in [0.3, 0.4) is 0 Å². The van der Waals surface area contributed by atoms with E-state index >= 15 is 0 Å². The number of hydrogen-bond acceptors (Lipinski definition) is 4. The summed E-state index contributed by atoms with van der Waals surface area (Å²) in [6, 6.07) is 20.2. The summed E-state index contributed by atoms with van der Waals surface area (Å²) in [7, 11) is 0. The predicted molar refractivity (Wildman–Crippen MR) is 110 cm³/mol. The molecule has 0 aliphatic heterocycles. The van der Waals surface area contributed by atoms with Crippen LogP contribution in [0, 0.1) is 0 Å². The molecule has 0 saturated carbocycles. The molecule has 0 aliphatic carbocycles. The topological polar surface area (TPSA) is 84.2 Å². The molecule has 7 heteroatoms. The molecule has 2 amide bonds. The van der Waals surface area contributed by atoms with E-state index in [1.165, 1.54) is 0 Å². The first-order valence-electron chi connectivity index (χ1n) is 8.43. The molecule has 0 aliphatic rings. The number of halogens is 1. The van der Waals surface area contributed by atoms with Crippen LogP contribution in [0.5, 0.6) is 0 Å². The third-order valence-electron chi connectivity index (χ3n) is 4.02. The number of nitrogens with one attached hydrogen (secondary N) is 2. The van der Waals surface area contributed by atoms with Gasteiger partial charge < -0.3 is 15.1 Å². The minimum Gasteiger partial charge on any atom is -0.403 e. The summed E-state index contributed by atoms with van der Waals surface area (Å²) < 4.78 is 5.38. The number of hydrogen-bond donors (Lipinski definition) is 2. The van der Waals surface area contributed by atoms with E-state index in [-0.39, 0.29) is 5.89 Å². The van der Waals surface area contributed by atoms with Gasteiger partial charge in [0.25, 0.3) is 0 Å². The predicted octanol–water partition coefficient (Wildman–Crippen LogP) is 5.15. The van der Waals surface area contributed by atoms with Crippen molar-refractivity contribution in [3.63, 3.8) is 0 Å². The molecule has 4 rings (SSSR count). The maximum absolute atomic E-state index is 12.4. The molecule has 0 bridgehead atoms. The number of rotatable bonds is 3. The van der Waals surface area contributed by atoms with Gasteiger partial charge in [0.2, 0.25) is 5.89 Å². The Hall–Kier alpha value is -3.64. The monoisotopic (exact) mass is 391 g/mol. The van der Waals surface area contributed by atoms with Crippen molar-refractivity contribution in [2.45, 2.75) is 0 Å². The van der Waals surface area contributed by atoms with Gasteiger partial charge >= 0.3 is 11.7 Å². The van der Waals surface area contributed by atoms with Gasteiger partial charge in [-0.3, -0.25) is 0 Å². The minimum absolute atomic E-state index is 0.127. The van der Waals surface area contributed by atoms with Crippen LogP contribution in [0.25, 0.3) is 22.4 Å². The summed E-state index contributed by atoms with van der Waals surface area (Å²) >= 11 is 5.93. The number of amides is 2. The molecule has 1 aromatic heterocycles. The summed E-state index contributed by atoms with van der Waals surface area (Å²) in [6.07, 6.45) is 0. The number of anilines is 2. The fourth-order valence-electron chi connectivity index (χ4n) is 2.76.